The van der Waals surface area contributed by atoms with Crippen LogP contribution in [0.25, 0.3) is 0 Å². The van der Waals surface area contributed by atoms with E-state index in [0.717, 1.165) is 17.0 Å². The highest BCUT2D eigenvalue weighted by molar-refractivity contribution is 7.94. The van der Waals surface area contributed by atoms with Crippen molar-refractivity contribution in [3.63, 3.8) is 0 Å². The van der Waals surface area contributed by atoms with Crippen molar-refractivity contribution < 1.29 is 26.4 Å². The highest BCUT2D eigenvalue weighted by Gasteiger charge is 2.46. The van der Waals surface area contributed by atoms with E-state index in [2.05, 4.69) is 0 Å². The van der Waals surface area contributed by atoms with Gasteiger partial charge in [0.1, 0.15) is 0 Å². The van der Waals surface area contributed by atoms with Crippen LogP contribution in [0.15, 0.2) is 29.7 Å². The Hall–Kier alpha value is -1.83. The third-order valence-corrected chi connectivity index (χ3v) is 4.69. The van der Waals surface area contributed by atoms with Crippen LogP contribution in [-0.2, 0) is 14.6 Å². The second kappa shape index (κ2) is 5.42. The number of hydrogen-bond donors (Lipinski definition) is 0. The first-order valence-electron chi connectivity index (χ1n) is 6.40. The van der Waals surface area contributed by atoms with E-state index in [0.29, 0.717) is 10.5 Å². The molecular formula is C14H14F3NO3S. The van der Waals surface area contributed by atoms with Crippen molar-refractivity contribution in [2.45, 2.75) is 26.1 Å². The maximum atomic E-state index is 12.9. The fraction of sp³-hybridized carbons (Fsp3) is 0.357. The van der Waals surface area contributed by atoms with E-state index in [1.165, 1.54) is 6.07 Å². The fourth-order valence-corrected chi connectivity index (χ4v) is 3.64. The number of nitrogens with zero attached hydrogens (tertiary/aromatic N) is 1. The molecule has 1 amide bonds. The maximum absolute atomic E-state index is 12.9. The van der Waals surface area contributed by atoms with Gasteiger partial charge in [-0.1, -0.05) is 17.7 Å². The van der Waals surface area contributed by atoms with E-state index < -0.39 is 33.7 Å². The molecule has 120 valence electrons. The summed E-state index contributed by atoms with van der Waals surface area (Å²) in [6.07, 6.45) is -3.98. The van der Waals surface area contributed by atoms with Gasteiger partial charge >= 0.3 is 12.1 Å². The third-order valence-electron chi connectivity index (χ3n) is 3.32. The number of alkyl halides is 3. The molecule has 4 nitrogen and oxygen atoms in total. The van der Waals surface area contributed by atoms with Crippen molar-refractivity contribution in [1.82, 2.24) is 0 Å². The van der Waals surface area contributed by atoms with Gasteiger partial charge in [0, 0.05) is 11.1 Å². The fourth-order valence-electron chi connectivity index (χ4n) is 2.37. The third kappa shape index (κ3) is 3.32. The van der Waals surface area contributed by atoms with Crippen LogP contribution in [0.1, 0.15) is 11.1 Å². The summed E-state index contributed by atoms with van der Waals surface area (Å²) in [5, 5.41) is 0.845. The lowest BCUT2D eigenvalue weighted by atomic mass is 10.1. The first-order chi connectivity index (χ1) is 10.0. The molecule has 0 saturated carbocycles. The topological polar surface area (TPSA) is 54.5 Å². The molecule has 1 aliphatic rings. The quantitative estimate of drug-likeness (QED) is 0.836. The number of hydrogen-bond acceptors (Lipinski definition) is 3. The summed E-state index contributed by atoms with van der Waals surface area (Å²) < 4.78 is 61.6. The number of carbonyl (C=O) groups excluding carboxylic acids is 1. The molecule has 0 aromatic heterocycles. The molecule has 0 radical (unpaired) electrons. The Morgan fingerprint density at radius 2 is 1.91 bits per heavy atom. The molecule has 0 saturated heterocycles. The van der Waals surface area contributed by atoms with E-state index in [1.807, 2.05) is 0 Å². The standard InChI is InChI=1S/C14H14F3NO3S/c1-9-3-4-12(10(2)7-9)18(13(19)14(15,16)17)11-5-6-22(20,21)8-11/h3-7,11H,8H2,1-2H3/t11-/m1/s1. The molecule has 2 rings (SSSR count). The molecule has 1 aromatic carbocycles. The van der Waals surface area contributed by atoms with Crippen LogP contribution in [0.4, 0.5) is 18.9 Å². The molecule has 0 N–H and O–H groups in total. The van der Waals surface area contributed by atoms with E-state index in [9.17, 15) is 26.4 Å². The van der Waals surface area contributed by atoms with Gasteiger partial charge in [-0.2, -0.15) is 13.2 Å². The number of sulfone groups is 1. The summed E-state index contributed by atoms with van der Waals surface area (Å²) in [6, 6.07) is 3.44. The molecular weight excluding hydrogens is 319 g/mol. The zero-order chi connectivity index (χ0) is 16.7. The number of carbonyl (C=O) groups is 1. The number of rotatable bonds is 2. The lowest BCUT2D eigenvalue weighted by molar-refractivity contribution is -0.170. The molecule has 1 atom stereocenters. The van der Waals surface area contributed by atoms with Crippen molar-refractivity contribution in [2.24, 2.45) is 0 Å². The lowest BCUT2D eigenvalue weighted by Gasteiger charge is -2.29. The molecule has 0 unspecified atom stereocenters. The van der Waals surface area contributed by atoms with Crippen LogP contribution in [0.2, 0.25) is 0 Å². The Kier molecular flexibility index (Phi) is 4.08. The molecule has 0 fully saturated rings. The average molecular weight is 333 g/mol. The predicted octanol–water partition coefficient (Wildman–Crippen LogP) is 2.51. The Bertz CT molecular complexity index is 738. The van der Waals surface area contributed by atoms with Gasteiger partial charge in [0.2, 0.25) is 0 Å². The molecule has 0 aliphatic carbocycles. The molecule has 22 heavy (non-hydrogen) atoms. The summed E-state index contributed by atoms with van der Waals surface area (Å²) in [7, 11) is -3.59. The lowest BCUT2D eigenvalue weighted by Crippen LogP contribution is -2.48. The average Bonchev–Trinajstić information content (AvgIpc) is 2.71. The minimum atomic E-state index is -5.09. The normalized spacial score (nSPS) is 20.1. The second-order valence-electron chi connectivity index (χ2n) is 5.19. The zero-order valence-electron chi connectivity index (χ0n) is 11.9. The number of halogens is 3. The monoisotopic (exact) mass is 333 g/mol. The summed E-state index contributed by atoms with van der Waals surface area (Å²) >= 11 is 0. The van der Waals surface area contributed by atoms with Gasteiger partial charge in [-0.05, 0) is 31.6 Å². The van der Waals surface area contributed by atoms with Crippen LogP contribution in [0.5, 0.6) is 0 Å². The summed E-state index contributed by atoms with van der Waals surface area (Å²) in [5.41, 5.74) is 1.35. The smallest absolute Gasteiger partial charge is 0.296 e. The van der Waals surface area contributed by atoms with Crippen molar-refractivity contribution >= 4 is 21.4 Å². The zero-order valence-corrected chi connectivity index (χ0v) is 12.7. The van der Waals surface area contributed by atoms with Gasteiger partial charge in [0.15, 0.2) is 9.84 Å². The molecule has 1 heterocycles. The van der Waals surface area contributed by atoms with Crippen LogP contribution < -0.4 is 4.90 Å². The molecule has 1 aliphatic heterocycles. The second-order valence-corrected chi connectivity index (χ2v) is 7.12. The summed E-state index contributed by atoms with van der Waals surface area (Å²) in [4.78, 5) is 12.3. The highest BCUT2D eigenvalue weighted by Crippen LogP contribution is 2.31. The Morgan fingerprint density at radius 1 is 1.27 bits per heavy atom. The minimum absolute atomic E-state index is 0.0553. The highest BCUT2D eigenvalue weighted by atomic mass is 32.2. The predicted molar refractivity (Wildman–Crippen MR) is 76.2 cm³/mol. The summed E-state index contributed by atoms with van der Waals surface area (Å²) in [5.74, 6) is -2.63. The first-order valence-corrected chi connectivity index (χ1v) is 8.11. The van der Waals surface area contributed by atoms with Crippen molar-refractivity contribution in [1.29, 1.82) is 0 Å². The molecule has 0 spiro atoms. The Morgan fingerprint density at radius 3 is 2.36 bits per heavy atom. The van der Waals surface area contributed by atoms with Crippen LogP contribution >= 0.6 is 0 Å². The Labute approximate surface area is 126 Å². The van der Waals surface area contributed by atoms with Crippen molar-refractivity contribution in [3.8, 4) is 0 Å². The van der Waals surface area contributed by atoms with Crippen molar-refractivity contribution in [2.75, 3.05) is 10.7 Å². The molecule has 1 aromatic rings. The van der Waals surface area contributed by atoms with Gasteiger partial charge < -0.3 is 0 Å². The largest absolute Gasteiger partial charge is 0.471 e. The molecule has 0 bridgehead atoms. The van der Waals surface area contributed by atoms with Crippen LogP contribution in [0.3, 0.4) is 0 Å². The van der Waals surface area contributed by atoms with E-state index >= 15 is 0 Å². The molecule has 8 heteroatoms. The van der Waals surface area contributed by atoms with Gasteiger partial charge in [-0.25, -0.2) is 8.42 Å². The van der Waals surface area contributed by atoms with Crippen LogP contribution in [-0.4, -0.2) is 32.3 Å². The van der Waals surface area contributed by atoms with Gasteiger partial charge in [0.25, 0.3) is 0 Å². The number of amides is 1. The maximum Gasteiger partial charge on any atom is 0.471 e. The van der Waals surface area contributed by atoms with Gasteiger partial charge in [-0.3, -0.25) is 9.69 Å². The number of aryl methyl sites for hydroxylation is 2. The Balaban J connectivity index is 2.52. The van der Waals surface area contributed by atoms with E-state index in [1.54, 1.807) is 26.0 Å². The first kappa shape index (κ1) is 16.5. The van der Waals surface area contributed by atoms with Gasteiger partial charge in [0.05, 0.1) is 11.8 Å². The van der Waals surface area contributed by atoms with Crippen LogP contribution in [0, 0.1) is 13.8 Å². The number of benzene rings is 1. The SMILES string of the molecule is Cc1ccc(N(C(=O)C(F)(F)F)[C@@H]2C=CS(=O)(=O)C2)c(C)c1. The number of anilines is 1. The van der Waals surface area contributed by atoms with Gasteiger partial charge in [-0.15, -0.1) is 0 Å². The van der Waals surface area contributed by atoms with E-state index in [4.69, 9.17) is 0 Å². The van der Waals surface area contributed by atoms with E-state index in [-0.39, 0.29) is 5.69 Å². The minimum Gasteiger partial charge on any atom is -0.296 e. The summed E-state index contributed by atoms with van der Waals surface area (Å²) in [6.45, 7) is 3.35. The van der Waals surface area contributed by atoms with Crippen molar-refractivity contribution in [3.05, 3.63) is 40.8 Å².